The van der Waals surface area contributed by atoms with Crippen LogP contribution in [0.1, 0.15) is 23.4 Å². The maximum absolute atomic E-state index is 12.6. The Balaban J connectivity index is 1.46. The number of aromatic nitrogens is 3. The first kappa shape index (κ1) is 16.0. The highest BCUT2D eigenvalue weighted by Gasteiger charge is 2.22. The number of amides is 1. The minimum atomic E-state index is 0.215. The van der Waals surface area contributed by atoms with E-state index in [0.717, 1.165) is 55.0 Å². The molecule has 0 fully saturated rings. The zero-order valence-electron chi connectivity index (χ0n) is 13.9. The Kier molecular flexibility index (Phi) is 4.61. The molecule has 0 atom stereocenters. The average Bonchev–Trinajstić information content (AvgIpc) is 3.30. The minimum Gasteiger partial charge on any atom is -0.365 e. The first-order valence-electron chi connectivity index (χ1n) is 8.56. The number of thiophene rings is 1. The molecule has 0 saturated heterocycles. The van der Waals surface area contributed by atoms with Crippen LogP contribution in [0, 0.1) is 0 Å². The highest BCUT2D eigenvalue weighted by atomic mass is 32.1. The summed E-state index contributed by atoms with van der Waals surface area (Å²) in [5, 5.41) is 4.18. The highest BCUT2D eigenvalue weighted by molar-refractivity contribution is 7.08. The molecule has 4 rings (SSSR count). The Morgan fingerprint density at radius 1 is 1.24 bits per heavy atom. The van der Waals surface area contributed by atoms with Crippen LogP contribution in [0.2, 0.25) is 0 Å². The van der Waals surface area contributed by atoms with Gasteiger partial charge >= 0.3 is 0 Å². The highest BCUT2D eigenvalue weighted by Crippen LogP contribution is 2.27. The number of nitrogens with one attached hydrogen (secondary N) is 1. The Morgan fingerprint density at radius 2 is 2.16 bits per heavy atom. The summed E-state index contributed by atoms with van der Waals surface area (Å²) < 4.78 is 0. The Hall–Kier alpha value is -2.47. The van der Waals surface area contributed by atoms with E-state index in [-0.39, 0.29) is 5.91 Å². The standard InChI is InChI=1S/C19H20N4OS/c24-18(4-3-15-2-1-8-20-15)23-9-5-16-17(6-10-23)21-13-22-19(16)14-7-11-25-12-14/h1-2,7-8,11-13,20H,3-6,9-10H2. The van der Waals surface area contributed by atoms with Crippen LogP contribution >= 0.6 is 11.3 Å². The van der Waals surface area contributed by atoms with Crippen LogP contribution in [0.4, 0.5) is 0 Å². The van der Waals surface area contributed by atoms with Crippen molar-refractivity contribution in [2.75, 3.05) is 13.1 Å². The van der Waals surface area contributed by atoms with Gasteiger partial charge in [0.15, 0.2) is 0 Å². The Morgan fingerprint density at radius 3 is 2.96 bits per heavy atom. The summed E-state index contributed by atoms with van der Waals surface area (Å²) in [5.74, 6) is 0.215. The van der Waals surface area contributed by atoms with E-state index >= 15 is 0 Å². The number of hydrogen-bond acceptors (Lipinski definition) is 4. The van der Waals surface area contributed by atoms with Crippen LogP contribution in [-0.2, 0) is 24.1 Å². The number of aromatic amines is 1. The van der Waals surface area contributed by atoms with E-state index in [1.165, 1.54) is 5.56 Å². The second-order valence-electron chi connectivity index (χ2n) is 6.24. The summed E-state index contributed by atoms with van der Waals surface area (Å²) in [4.78, 5) is 26.7. The van der Waals surface area contributed by atoms with Crippen molar-refractivity contribution in [1.82, 2.24) is 19.9 Å². The predicted molar refractivity (Wildman–Crippen MR) is 98.4 cm³/mol. The molecule has 0 radical (unpaired) electrons. The molecule has 1 aliphatic rings. The Labute approximate surface area is 150 Å². The van der Waals surface area contributed by atoms with Gasteiger partial charge in [-0.1, -0.05) is 0 Å². The molecule has 4 heterocycles. The van der Waals surface area contributed by atoms with Gasteiger partial charge in [-0.3, -0.25) is 4.79 Å². The van der Waals surface area contributed by atoms with Gasteiger partial charge in [-0.15, -0.1) is 0 Å². The van der Waals surface area contributed by atoms with Crippen molar-refractivity contribution in [1.29, 1.82) is 0 Å². The van der Waals surface area contributed by atoms with Crippen LogP contribution < -0.4 is 0 Å². The van der Waals surface area contributed by atoms with Gasteiger partial charge in [0.1, 0.15) is 6.33 Å². The van der Waals surface area contributed by atoms with Crippen molar-refractivity contribution in [2.45, 2.75) is 25.7 Å². The second kappa shape index (κ2) is 7.19. The lowest BCUT2D eigenvalue weighted by Crippen LogP contribution is -2.33. The SMILES string of the molecule is O=C(CCc1ccc[nH]1)N1CCc2ncnc(-c3ccsc3)c2CC1. The van der Waals surface area contributed by atoms with Gasteiger partial charge in [-0.25, -0.2) is 9.97 Å². The minimum absolute atomic E-state index is 0.215. The fourth-order valence-corrected chi connectivity index (χ4v) is 3.99. The van der Waals surface area contributed by atoms with Gasteiger partial charge in [-0.2, -0.15) is 11.3 Å². The monoisotopic (exact) mass is 352 g/mol. The van der Waals surface area contributed by atoms with Gasteiger partial charge in [0.2, 0.25) is 5.91 Å². The van der Waals surface area contributed by atoms with Crippen molar-refractivity contribution in [3.63, 3.8) is 0 Å². The fraction of sp³-hybridized carbons (Fsp3) is 0.316. The summed E-state index contributed by atoms with van der Waals surface area (Å²) >= 11 is 1.67. The molecule has 5 nitrogen and oxygen atoms in total. The molecule has 0 bridgehead atoms. The van der Waals surface area contributed by atoms with Gasteiger partial charge in [-0.05, 0) is 36.4 Å². The molecule has 1 amide bonds. The fourth-order valence-electron chi connectivity index (χ4n) is 3.35. The van der Waals surface area contributed by atoms with E-state index in [2.05, 4.69) is 31.8 Å². The largest absolute Gasteiger partial charge is 0.365 e. The Bertz CT molecular complexity index is 842. The van der Waals surface area contributed by atoms with Crippen LogP contribution in [0.5, 0.6) is 0 Å². The number of hydrogen-bond donors (Lipinski definition) is 1. The predicted octanol–water partition coefficient (Wildman–Crippen LogP) is 3.09. The number of H-pyrrole nitrogens is 1. The van der Waals surface area contributed by atoms with Crippen molar-refractivity contribution in [3.8, 4) is 11.3 Å². The maximum Gasteiger partial charge on any atom is 0.222 e. The summed E-state index contributed by atoms with van der Waals surface area (Å²) in [6.45, 7) is 1.47. The van der Waals surface area contributed by atoms with E-state index in [1.807, 2.05) is 23.2 Å². The third-order valence-electron chi connectivity index (χ3n) is 4.70. The van der Waals surface area contributed by atoms with Crippen LogP contribution in [0.15, 0.2) is 41.5 Å². The molecular formula is C19H20N4OS. The van der Waals surface area contributed by atoms with E-state index in [4.69, 9.17) is 0 Å². The number of nitrogens with zero attached hydrogens (tertiary/aromatic N) is 3. The summed E-state index contributed by atoms with van der Waals surface area (Å²) in [6, 6.07) is 6.08. The van der Waals surface area contributed by atoms with Crippen molar-refractivity contribution >= 4 is 17.2 Å². The van der Waals surface area contributed by atoms with Crippen molar-refractivity contribution in [2.24, 2.45) is 0 Å². The lowest BCUT2D eigenvalue weighted by Gasteiger charge is -2.20. The van der Waals surface area contributed by atoms with Crippen LogP contribution in [0.3, 0.4) is 0 Å². The van der Waals surface area contributed by atoms with E-state index in [1.54, 1.807) is 17.7 Å². The number of aryl methyl sites for hydroxylation is 1. The number of fused-ring (bicyclic) bond motifs is 1. The molecule has 1 aliphatic heterocycles. The molecule has 0 unspecified atom stereocenters. The lowest BCUT2D eigenvalue weighted by atomic mass is 10.0. The second-order valence-corrected chi connectivity index (χ2v) is 7.02. The van der Waals surface area contributed by atoms with E-state index < -0.39 is 0 Å². The molecule has 0 saturated carbocycles. The average molecular weight is 352 g/mol. The first-order chi connectivity index (χ1) is 12.3. The lowest BCUT2D eigenvalue weighted by molar-refractivity contribution is -0.131. The zero-order valence-corrected chi connectivity index (χ0v) is 14.8. The van der Waals surface area contributed by atoms with Crippen molar-refractivity contribution in [3.05, 3.63) is 58.4 Å². The summed E-state index contributed by atoms with van der Waals surface area (Å²) in [5.41, 5.74) is 5.55. The van der Waals surface area contributed by atoms with Gasteiger partial charge < -0.3 is 9.88 Å². The molecule has 0 spiro atoms. The molecule has 25 heavy (non-hydrogen) atoms. The van der Waals surface area contributed by atoms with E-state index in [9.17, 15) is 4.79 Å². The molecule has 3 aromatic rings. The third-order valence-corrected chi connectivity index (χ3v) is 5.39. The summed E-state index contributed by atoms with van der Waals surface area (Å²) in [7, 11) is 0. The van der Waals surface area contributed by atoms with Gasteiger partial charge in [0.05, 0.1) is 5.69 Å². The van der Waals surface area contributed by atoms with Gasteiger partial charge in [0, 0.05) is 60.0 Å². The molecule has 1 N–H and O–H groups in total. The smallest absolute Gasteiger partial charge is 0.222 e. The first-order valence-corrected chi connectivity index (χ1v) is 9.51. The van der Waals surface area contributed by atoms with Crippen LogP contribution in [-0.4, -0.2) is 38.8 Å². The van der Waals surface area contributed by atoms with E-state index in [0.29, 0.717) is 6.42 Å². The number of carbonyl (C=O) groups excluding carboxylic acids is 1. The number of carbonyl (C=O) groups is 1. The molecule has 128 valence electrons. The zero-order chi connectivity index (χ0) is 17.1. The normalized spacial score (nSPS) is 14.2. The molecule has 3 aromatic heterocycles. The molecule has 0 aromatic carbocycles. The van der Waals surface area contributed by atoms with Crippen LogP contribution in [0.25, 0.3) is 11.3 Å². The summed E-state index contributed by atoms with van der Waals surface area (Å²) in [6.07, 6.45) is 6.45. The van der Waals surface area contributed by atoms with Gasteiger partial charge in [0.25, 0.3) is 0 Å². The topological polar surface area (TPSA) is 61.9 Å². The molecular weight excluding hydrogens is 332 g/mol. The quantitative estimate of drug-likeness (QED) is 0.785. The maximum atomic E-state index is 12.6. The molecule has 0 aliphatic carbocycles. The third kappa shape index (κ3) is 3.49. The number of rotatable bonds is 4. The van der Waals surface area contributed by atoms with Crippen molar-refractivity contribution < 1.29 is 4.79 Å². The molecule has 6 heteroatoms.